The lowest BCUT2D eigenvalue weighted by Crippen LogP contribution is -2.42. The van der Waals surface area contributed by atoms with Crippen molar-refractivity contribution in [2.45, 2.75) is 58.9 Å². The molecule has 1 saturated carbocycles. The molecule has 0 unspecified atom stereocenters. The highest BCUT2D eigenvalue weighted by Gasteiger charge is 2.37. The van der Waals surface area contributed by atoms with Crippen LogP contribution < -0.4 is 5.73 Å². The molecule has 0 saturated heterocycles. The Labute approximate surface area is 122 Å². The number of hydrogen-bond acceptors (Lipinski definition) is 1. The fourth-order valence-electron chi connectivity index (χ4n) is 3.19. The van der Waals surface area contributed by atoms with Crippen molar-refractivity contribution in [3.8, 4) is 0 Å². The van der Waals surface area contributed by atoms with Crippen LogP contribution in [0.25, 0.3) is 0 Å². The van der Waals surface area contributed by atoms with Crippen LogP contribution >= 0.6 is 11.6 Å². The van der Waals surface area contributed by atoms with Gasteiger partial charge in [0.05, 0.1) is 0 Å². The van der Waals surface area contributed by atoms with Gasteiger partial charge in [0.2, 0.25) is 0 Å². The summed E-state index contributed by atoms with van der Waals surface area (Å²) in [7, 11) is 0. The largest absolute Gasteiger partial charge is 0.321 e. The van der Waals surface area contributed by atoms with E-state index in [1.165, 1.54) is 18.4 Å². The lowest BCUT2D eigenvalue weighted by Gasteiger charge is -2.42. The van der Waals surface area contributed by atoms with Crippen LogP contribution in [-0.4, -0.2) is 0 Å². The van der Waals surface area contributed by atoms with E-state index >= 15 is 0 Å². The highest BCUT2D eigenvalue weighted by atomic mass is 35.5. The predicted molar refractivity (Wildman–Crippen MR) is 83.5 cm³/mol. The van der Waals surface area contributed by atoms with Gasteiger partial charge in [-0.15, -0.1) is 0 Å². The van der Waals surface area contributed by atoms with Gasteiger partial charge in [-0.3, -0.25) is 0 Å². The van der Waals surface area contributed by atoms with E-state index in [4.69, 9.17) is 17.3 Å². The van der Waals surface area contributed by atoms with Crippen LogP contribution in [0.3, 0.4) is 0 Å². The van der Waals surface area contributed by atoms with E-state index in [-0.39, 0.29) is 5.54 Å². The van der Waals surface area contributed by atoms with Gasteiger partial charge in [0.25, 0.3) is 0 Å². The topological polar surface area (TPSA) is 26.0 Å². The maximum absolute atomic E-state index is 6.65. The Morgan fingerprint density at radius 2 is 1.79 bits per heavy atom. The van der Waals surface area contributed by atoms with Gasteiger partial charge >= 0.3 is 0 Å². The fraction of sp³-hybridized carbons (Fsp3) is 0.647. The summed E-state index contributed by atoms with van der Waals surface area (Å²) in [5.74, 6) is 0.782. The number of benzene rings is 1. The molecule has 0 aromatic heterocycles. The van der Waals surface area contributed by atoms with Crippen molar-refractivity contribution in [2.24, 2.45) is 17.1 Å². The lowest BCUT2D eigenvalue weighted by molar-refractivity contribution is 0.134. The summed E-state index contributed by atoms with van der Waals surface area (Å²) in [6.07, 6.45) is 4.56. The Morgan fingerprint density at radius 3 is 2.26 bits per heavy atom. The zero-order valence-electron chi connectivity index (χ0n) is 12.6. The highest BCUT2D eigenvalue weighted by molar-refractivity contribution is 6.31. The average molecular weight is 280 g/mol. The molecule has 0 radical (unpaired) electrons. The smallest absolute Gasteiger partial charge is 0.0438 e. The molecule has 1 aliphatic carbocycles. The quantitative estimate of drug-likeness (QED) is 0.766. The van der Waals surface area contributed by atoms with E-state index in [2.05, 4.69) is 39.0 Å². The summed E-state index contributed by atoms with van der Waals surface area (Å²) >= 11 is 6.24. The van der Waals surface area contributed by atoms with Crippen LogP contribution in [0.1, 0.15) is 57.6 Å². The first-order chi connectivity index (χ1) is 8.72. The standard InChI is InChI=1S/C17H26ClN/c1-12-5-6-14(11-15(12)18)17(19)9-7-13(8-10-17)16(2,3)4/h5-6,11,13H,7-10,19H2,1-4H3. The number of nitrogens with two attached hydrogens (primary N) is 1. The number of rotatable bonds is 1. The van der Waals surface area contributed by atoms with Gasteiger partial charge in [-0.2, -0.15) is 0 Å². The minimum absolute atomic E-state index is 0.181. The molecule has 0 spiro atoms. The minimum Gasteiger partial charge on any atom is -0.321 e. The van der Waals surface area contributed by atoms with E-state index < -0.39 is 0 Å². The molecule has 1 fully saturated rings. The van der Waals surface area contributed by atoms with Gasteiger partial charge in [-0.25, -0.2) is 0 Å². The third-order valence-electron chi connectivity index (χ3n) is 4.85. The van der Waals surface area contributed by atoms with Crippen molar-refractivity contribution >= 4 is 11.6 Å². The van der Waals surface area contributed by atoms with Crippen LogP contribution in [0, 0.1) is 18.3 Å². The fourth-order valence-corrected chi connectivity index (χ4v) is 3.37. The van der Waals surface area contributed by atoms with E-state index in [0.29, 0.717) is 5.41 Å². The molecule has 1 nitrogen and oxygen atoms in total. The summed E-state index contributed by atoms with van der Waals surface area (Å²) in [5.41, 5.74) is 9.19. The van der Waals surface area contributed by atoms with Crippen molar-refractivity contribution < 1.29 is 0 Å². The number of aryl methyl sites for hydroxylation is 1. The van der Waals surface area contributed by atoms with Gasteiger partial charge in [0.1, 0.15) is 0 Å². The van der Waals surface area contributed by atoms with Crippen molar-refractivity contribution in [3.05, 3.63) is 34.3 Å². The summed E-state index contributed by atoms with van der Waals surface area (Å²) in [6, 6.07) is 6.30. The molecule has 2 rings (SSSR count). The highest BCUT2D eigenvalue weighted by Crippen LogP contribution is 2.44. The predicted octanol–water partition coefficient (Wildman–Crippen LogP) is 5.04. The molecule has 1 aliphatic rings. The molecular formula is C17H26ClN. The number of hydrogen-bond donors (Lipinski definition) is 1. The summed E-state index contributed by atoms with van der Waals surface area (Å²) < 4.78 is 0. The Hall–Kier alpha value is -0.530. The minimum atomic E-state index is -0.181. The van der Waals surface area contributed by atoms with Crippen LogP contribution in [0.4, 0.5) is 0 Å². The third-order valence-corrected chi connectivity index (χ3v) is 5.26. The van der Waals surface area contributed by atoms with Crippen LogP contribution in [0.15, 0.2) is 18.2 Å². The maximum atomic E-state index is 6.65. The Balaban J connectivity index is 2.15. The van der Waals surface area contributed by atoms with Gasteiger partial charge in [0, 0.05) is 10.6 Å². The molecule has 19 heavy (non-hydrogen) atoms. The lowest BCUT2D eigenvalue weighted by atomic mass is 9.66. The van der Waals surface area contributed by atoms with Crippen molar-refractivity contribution in [3.63, 3.8) is 0 Å². The molecule has 2 N–H and O–H groups in total. The first-order valence-corrected chi connectivity index (χ1v) is 7.66. The van der Waals surface area contributed by atoms with Gasteiger partial charge in [0.15, 0.2) is 0 Å². The van der Waals surface area contributed by atoms with Crippen LogP contribution in [0.2, 0.25) is 5.02 Å². The van der Waals surface area contributed by atoms with E-state index in [0.717, 1.165) is 29.3 Å². The van der Waals surface area contributed by atoms with Gasteiger partial charge in [-0.1, -0.05) is 44.5 Å². The van der Waals surface area contributed by atoms with Gasteiger partial charge in [-0.05, 0) is 61.1 Å². The zero-order chi connectivity index (χ0) is 14.3. The number of halogens is 1. The SMILES string of the molecule is Cc1ccc(C2(N)CCC(C(C)(C)C)CC2)cc1Cl. The second-order valence-electron chi connectivity index (χ2n) is 7.26. The van der Waals surface area contributed by atoms with Crippen LogP contribution in [-0.2, 0) is 5.54 Å². The first kappa shape index (κ1) is 14.9. The third kappa shape index (κ3) is 3.14. The summed E-state index contributed by atoms with van der Waals surface area (Å²) in [6.45, 7) is 9.05. The normalized spacial score (nSPS) is 28.4. The molecular weight excluding hydrogens is 254 g/mol. The van der Waals surface area contributed by atoms with Crippen LogP contribution in [0.5, 0.6) is 0 Å². The molecule has 0 heterocycles. The monoisotopic (exact) mass is 279 g/mol. The first-order valence-electron chi connectivity index (χ1n) is 7.28. The second-order valence-corrected chi connectivity index (χ2v) is 7.67. The molecule has 0 bridgehead atoms. The average Bonchev–Trinajstić information content (AvgIpc) is 2.32. The maximum Gasteiger partial charge on any atom is 0.0438 e. The van der Waals surface area contributed by atoms with E-state index in [1.54, 1.807) is 0 Å². The molecule has 0 atom stereocenters. The second kappa shape index (κ2) is 5.10. The summed E-state index contributed by atoms with van der Waals surface area (Å²) in [4.78, 5) is 0. The van der Waals surface area contributed by atoms with Crippen molar-refractivity contribution in [1.82, 2.24) is 0 Å². The Bertz CT molecular complexity index is 451. The Morgan fingerprint density at radius 1 is 1.21 bits per heavy atom. The molecule has 0 aliphatic heterocycles. The van der Waals surface area contributed by atoms with E-state index in [1.807, 2.05) is 6.92 Å². The molecule has 1 aromatic carbocycles. The van der Waals surface area contributed by atoms with Gasteiger partial charge < -0.3 is 5.73 Å². The zero-order valence-corrected chi connectivity index (χ0v) is 13.3. The van der Waals surface area contributed by atoms with Crippen molar-refractivity contribution in [1.29, 1.82) is 0 Å². The Kier molecular flexibility index (Phi) is 3.99. The molecule has 1 aromatic rings. The molecule has 2 heteroatoms. The molecule has 106 valence electrons. The molecule has 0 amide bonds. The van der Waals surface area contributed by atoms with E-state index in [9.17, 15) is 0 Å². The summed E-state index contributed by atoms with van der Waals surface area (Å²) in [5, 5.41) is 0.834. The van der Waals surface area contributed by atoms with Crippen molar-refractivity contribution in [2.75, 3.05) is 0 Å².